The summed E-state index contributed by atoms with van der Waals surface area (Å²) >= 11 is 0. The SMILES string of the molecule is C=CC1=CC(=C2C(=O)c3ccccc3C2=O)C=C(C)O1. The first-order valence-corrected chi connectivity index (χ1v) is 6.25. The number of ketones is 2. The summed E-state index contributed by atoms with van der Waals surface area (Å²) in [4.78, 5) is 24.8. The van der Waals surface area contributed by atoms with Crippen molar-refractivity contribution < 1.29 is 14.3 Å². The van der Waals surface area contributed by atoms with E-state index in [1.807, 2.05) is 0 Å². The predicted octanol–water partition coefficient (Wildman–Crippen LogP) is 3.37. The van der Waals surface area contributed by atoms with Crippen LogP contribution in [0, 0.1) is 0 Å². The van der Waals surface area contributed by atoms with Gasteiger partial charge in [0.15, 0.2) is 11.6 Å². The molecule has 1 aromatic carbocycles. The molecule has 0 bridgehead atoms. The van der Waals surface area contributed by atoms with Crippen LogP contribution in [0.5, 0.6) is 0 Å². The summed E-state index contributed by atoms with van der Waals surface area (Å²) < 4.78 is 5.42. The van der Waals surface area contributed by atoms with Gasteiger partial charge in [-0.1, -0.05) is 30.8 Å². The molecule has 98 valence electrons. The smallest absolute Gasteiger partial charge is 0.198 e. The van der Waals surface area contributed by atoms with Gasteiger partial charge in [0.2, 0.25) is 0 Å². The molecule has 1 heterocycles. The zero-order chi connectivity index (χ0) is 14.3. The summed E-state index contributed by atoms with van der Waals surface area (Å²) in [7, 11) is 0. The van der Waals surface area contributed by atoms with Crippen molar-refractivity contribution in [2.45, 2.75) is 6.92 Å². The molecule has 0 saturated carbocycles. The van der Waals surface area contributed by atoms with E-state index in [4.69, 9.17) is 4.74 Å². The van der Waals surface area contributed by atoms with E-state index in [1.54, 1.807) is 49.4 Å². The fraction of sp³-hybridized carbons (Fsp3) is 0.0588. The van der Waals surface area contributed by atoms with Gasteiger partial charge in [0, 0.05) is 11.1 Å². The van der Waals surface area contributed by atoms with Crippen LogP contribution in [-0.4, -0.2) is 11.6 Å². The Bertz CT molecular complexity index is 708. The van der Waals surface area contributed by atoms with Crippen molar-refractivity contribution in [2.24, 2.45) is 0 Å². The fourth-order valence-electron chi connectivity index (χ4n) is 2.42. The summed E-state index contributed by atoms with van der Waals surface area (Å²) in [6.45, 7) is 5.42. The summed E-state index contributed by atoms with van der Waals surface area (Å²) in [5.74, 6) is 0.697. The second-order valence-electron chi connectivity index (χ2n) is 4.64. The molecule has 0 aromatic heterocycles. The number of ether oxygens (including phenoxy) is 1. The van der Waals surface area contributed by atoms with Gasteiger partial charge in [0.25, 0.3) is 0 Å². The Morgan fingerprint density at radius 2 is 1.65 bits per heavy atom. The van der Waals surface area contributed by atoms with Crippen molar-refractivity contribution in [3.05, 3.63) is 82.9 Å². The summed E-state index contributed by atoms with van der Waals surface area (Å²) in [6.07, 6.45) is 4.91. The molecule has 0 unspecified atom stereocenters. The summed E-state index contributed by atoms with van der Waals surface area (Å²) in [5.41, 5.74) is 1.71. The highest BCUT2D eigenvalue weighted by Crippen LogP contribution is 2.31. The lowest BCUT2D eigenvalue weighted by Crippen LogP contribution is -2.07. The molecule has 3 rings (SSSR count). The lowest BCUT2D eigenvalue weighted by Gasteiger charge is -2.13. The number of Topliss-reactive ketones (excluding diaryl/α,β-unsaturated/α-hetero) is 2. The van der Waals surface area contributed by atoms with Crippen molar-refractivity contribution in [3.8, 4) is 0 Å². The molecular weight excluding hydrogens is 252 g/mol. The van der Waals surface area contributed by atoms with Gasteiger partial charge < -0.3 is 4.74 Å². The van der Waals surface area contributed by atoms with Crippen LogP contribution in [0.25, 0.3) is 0 Å². The Morgan fingerprint density at radius 1 is 1.05 bits per heavy atom. The number of benzene rings is 1. The number of allylic oxidation sites excluding steroid dienone is 6. The minimum atomic E-state index is -0.230. The van der Waals surface area contributed by atoms with E-state index in [0.29, 0.717) is 28.2 Å². The highest BCUT2D eigenvalue weighted by Gasteiger charge is 2.34. The van der Waals surface area contributed by atoms with E-state index in [-0.39, 0.29) is 17.1 Å². The van der Waals surface area contributed by atoms with E-state index < -0.39 is 0 Å². The highest BCUT2D eigenvalue weighted by atomic mass is 16.5. The number of fused-ring (bicyclic) bond motifs is 1. The van der Waals surface area contributed by atoms with Crippen LogP contribution in [0.15, 0.2) is 71.7 Å². The third kappa shape index (κ3) is 1.75. The van der Waals surface area contributed by atoms with Gasteiger partial charge in [-0.3, -0.25) is 9.59 Å². The molecule has 2 aliphatic rings. The molecule has 3 heteroatoms. The summed E-state index contributed by atoms with van der Waals surface area (Å²) in [5, 5.41) is 0. The number of carbonyl (C=O) groups excluding carboxylic acids is 2. The normalized spacial score (nSPS) is 17.4. The molecule has 0 spiro atoms. The topological polar surface area (TPSA) is 43.4 Å². The maximum absolute atomic E-state index is 12.4. The van der Waals surface area contributed by atoms with Gasteiger partial charge in [-0.05, 0) is 30.7 Å². The van der Waals surface area contributed by atoms with Crippen LogP contribution in [0.2, 0.25) is 0 Å². The first-order valence-electron chi connectivity index (χ1n) is 6.25. The second kappa shape index (κ2) is 4.46. The fourth-order valence-corrected chi connectivity index (χ4v) is 2.42. The van der Waals surface area contributed by atoms with Crippen LogP contribution >= 0.6 is 0 Å². The van der Waals surface area contributed by atoms with Crippen molar-refractivity contribution in [3.63, 3.8) is 0 Å². The molecule has 0 fully saturated rings. The molecule has 1 aliphatic heterocycles. The Hall–Kier alpha value is -2.68. The third-order valence-electron chi connectivity index (χ3n) is 3.30. The largest absolute Gasteiger partial charge is 0.462 e. The molecule has 0 N–H and O–H groups in total. The lowest BCUT2D eigenvalue weighted by molar-refractivity contribution is 0.0988. The Kier molecular flexibility index (Phi) is 2.75. The maximum atomic E-state index is 12.4. The Morgan fingerprint density at radius 3 is 2.20 bits per heavy atom. The zero-order valence-electron chi connectivity index (χ0n) is 11.0. The first-order chi connectivity index (χ1) is 9.61. The van der Waals surface area contributed by atoms with Gasteiger partial charge in [0.05, 0.1) is 5.57 Å². The standard InChI is InChI=1S/C17H12O3/c1-3-12-9-11(8-10(2)20-12)15-16(18)13-6-4-5-7-14(13)17(15)19/h3-9H,1H2,2H3. The second-order valence-corrected chi connectivity index (χ2v) is 4.64. The van der Waals surface area contributed by atoms with Gasteiger partial charge in [-0.15, -0.1) is 0 Å². The number of hydrogen-bond acceptors (Lipinski definition) is 3. The van der Waals surface area contributed by atoms with E-state index in [9.17, 15) is 9.59 Å². The molecule has 20 heavy (non-hydrogen) atoms. The quantitative estimate of drug-likeness (QED) is 0.577. The average molecular weight is 264 g/mol. The molecule has 3 nitrogen and oxygen atoms in total. The number of hydrogen-bond donors (Lipinski definition) is 0. The van der Waals surface area contributed by atoms with Crippen LogP contribution < -0.4 is 0 Å². The Labute approximate surface area is 116 Å². The molecule has 0 atom stereocenters. The molecular formula is C17H12O3. The zero-order valence-corrected chi connectivity index (χ0v) is 11.0. The van der Waals surface area contributed by atoms with Crippen molar-refractivity contribution in [1.29, 1.82) is 0 Å². The number of carbonyl (C=O) groups is 2. The van der Waals surface area contributed by atoms with Crippen LogP contribution in [0.1, 0.15) is 27.6 Å². The van der Waals surface area contributed by atoms with Gasteiger partial charge >= 0.3 is 0 Å². The van der Waals surface area contributed by atoms with Gasteiger partial charge in [-0.25, -0.2) is 0 Å². The van der Waals surface area contributed by atoms with Gasteiger partial charge in [0.1, 0.15) is 11.5 Å². The molecule has 0 saturated heterocycles. The van der Waals surface area contributed by atoms with E-state index in [2.05, 4.69) is 6.58 Å². The van der Waals surface area contributed by atoms with Crippen LogP contribution in [0.4, 0.5) is 0 Å². The van der Waals surface area contributed by atoms with E-state index in [1.165, 1.54) is 0 Å². The molecule has 1 aromatic rings. The Balaban J connectivity index is 2.21. The molecule has 0 radical (unpaired) electrons. The van der Waals surface area contributed by atoms with Crippen LogP contribution in [0.3, 0.4) is 0 Å². The van der Waals surface area contributed by atoms with E-state index in [0.717, 1.165) is 0 Å². The van der Waals surface area contributed by atoms with Crippen molar-refractivity contribution >= 4 is 11.6 Å². The van der Waals surface area contributed by atoms with Crippen LogP contribution in [-0.2, 0) is 4.74 Å². The molecule has 1 aliphatic carbocycles. The van der Waals surface area contributed by atoms with Crippen molar-refractivity contribution in [1.82, 2.24) is 0 Å². The first kappa shape index (κ1) is 12.4. The van der Waals surface area contributed by atoms with Gasteiger partial charge in [-0.2, -0.15) is 0 Å². The third-order valence-corrected chi connectivity index (χ3v) is 3.30. The van der Waals surface area contributed by atoms with E-state index >= 15 is 0 Å². The monoisotopic (exact) mass is 264 g/mol. The number of rotatable bonds is 1. The maximum Gasteiger partial charge on any atom is 0.198 e. The van der Waals surface area contributed by atoms with Crippen molar-refractivity contribution in [2.75, 3.05) is 0 Å². The highest BCUT2D eigenvalue weighted by molar-refractivity contribution is 6.40. The summed E-state index contributed by atoms with van der Waals surface area (Å²) in [6, 6.07) is 6.87. The minimum absolute atomic E-state index is 0.202. The molecule has 0 amide bonds. The minimum Gasteiger partial charge on any atom is -0.462 e. The average Bonchev–Trinajstić information content (AvgIpc) is 2.71. The predicted molar refractivity (Wildman–Crippen MR) is 75.3 cm³/mol. The lowest BCUT2D eigenvalue weighted by atomic mass is 10.0.